The third kappa shape index (κ3) is 3.93. The number of likely N-dealkylation sites (N-methyl/N-ethyl adjacent to an activating group) is 1. The molecule has 2 aliphatic rings. The van der Waals surface area contributed by atoms with E-state index in [1.165, 1.54) is 12.8 Å². The van der Waals surface area contributed by atoms with Gasteiger partial charge in [0.2, 0.25) is 11.8 Å². The quantitative estimate of drug-likeness (QED) is 0.788. The molecular weight excluding hydrogens is 244 g/mol. The largest absolute Gasteiger partial charge is 0.389 e. The third-order valence-electron chi connectivity index (χ3n) is 3.74. The molecule has 2 rings (SSSR count). The zero-order chi connectivity index (χ0) is 14.2. The number of likely N-dealkylation sites (tertiary alicyclic amines) is 1. The van der Waals surface area contributed by atoms with Gasteiger partial charge >= 0.3 is 0 Å². The molecule has 0 aromatic heterocycles. The smallest absolute Gasteiger partial charge is 0.227 e. The van der Waals surface area contributed by atoms with Crippen molar-refractivity contribution in [2.45, 2.75) is 38.7 Å². The Morgan fingerprint density at radius 1 is 1.47 bits per heavy atom. The number of nitrogens with zero attached hydrogens (tertiary/aromatic N) is 2. The summed E-state index contributed by atoms with van der Waals surface area (Å²) >= 11 is 0. The van der Waals surface area contributed by atoms with Gasteiger partial charge < -0.3 is 14.9 Å². The molecule has 1 saturated heterocycles. The Morgan fingerprint density at radius 2 is 2.11 bits per heavy atom. The van der Waals surface area contributed by atoms with Gasteiger partial charge in [0.05, 0.1) is 11.5 Å². The van der Waals surface area contributed by atoms with E-state index in [1.54, 1.807) is 25.8 Å². The molecule has 1 unspecified atom stereocenters. The van der Waals surface area contributed by atoms with Gasteiger partial charge in [0.15, 0.2) is 0 Å². The van der Waals surface area contributed by atoms with Gasteiger partial charge in [0, 0.05) is 33.1 Å². The zero-order valence-corrected chi connectivity index (χ0v) is 12.1. The van der Waals surface area contributed by atoms with Crippen LogP contribution in [0.5, 0.6) is 0 Å². The van der Waals surface area contributed by atoms with Gasteiger partial charge in [-0.3, -0.25) is 9.59 Å². The Labute approximate surface area is 114 Å². The van der Waals surface area contributed by atoms with E-state index in [-0.39, 0.29) is 17.7 Å². The number of rotatable bonds is 5. The lowest BCUT2D eigenvalue weighted by Crippen LogP contribution is -2.43. The van der Waals surface area contributed by atoms with Crippen LogP contribution in [-0.2, 0) is 9.59 Å². The number of carbonyl (C=O) groups excluding carboxylic acids is 2. The summed E-state index contributed by atoms with van der Waals surface area (Å²) in [5.41, 5.74) is -0.902. The van der Waals surface area contributed by atoms with Gasteiger partial charge in [-0.2, -0.15) is 0 Å². The Hall–Kier alpha value is -1.10. The molecule has 2 amide bonds. The summed E-state index contributed by atoms with van der Waals surface area (Å²) in [5, 5.41) is 9.74. The molecule has 19 heavy (non-hydrogen) atoms. The van der Waals surface area contributed by atoms with E-state index in [0.717, 1.165) is 6.54 Å². The maximum atomic E-state index is 12.3. The first-order valence-electron chi connectivity index (χ1n) is 7.01. The number of amides is 2. The van der Waals surface area contributed by atoms with Crippen molar-refractivity contribution in [3.8, 4) is 0 Å². The van der Waals surface area contributed by atoms with Gasteiger partial charge in [-0.25, -0.2) is 0 Å². The molecular formula is C14H24N2O3. The van der Waals surface area contributed by atoms with Gasteiger partial charge in [-0.1, -0.05) is 0 Å². The van der Waals surface area contributed by atoms with E-state index in [4.69, 9.17) is 0 Å². The van der Waals surface area contributed by atoms with Crippen LogP contribution in [0.4, 0.5) is 0 Å². The van der Waals surface area contributed by atoms with E-state index >= 15 is 0 Å². The summed E-state index contributed by atoms with van der Waals surface area (Å²) in [7, 11) is 1.69. The summed E-state index contributed by atoms with van der Waals surface area (Å²) in [4.78, 5) is 27.5. The summed E-state index contributed by atoms with van der Waals surface area (Å²) in [6.07, 6.45) is 2.74. The Bertz CT molecular complexity index is 371. The molecule has 1 atom stereocenters. The van der Waals surface area contributed by atoms with Gasteiger partial charge in [0.1, 0.15) is 0 Å². The van der Waals surface area contributed by atoms with Crippen molar-refractivity contribution < 1.29 is 14.7 Å². The first kappa shape index (κ1) is 14.3. The highest BCUT2D eigenvalue weighted by atomic mass is 16.3. The fourth-order valence-corrected chi connectivity index (χ4v) is 2.70. The standard InChI is InChI=1S/C14H24N2O3/c1-14(2,19)9-15(3)13(18)11-6-12(17)16(8-11)7-10-4-5-10/h10-11,19H,4-9H2,1-3H3. The normalized spacial score (nSPS) is 23.9. The van der Waals surface area contributed by atoms with Crippen LogP contribution in [-0.4, -0.2) is 59.0 Å². The molecule has 0 radical (unpaired) electrons. The molecule has 1 aliphatic heterocycles. The molecule has 0 aromatic rings. The minimum absolute atomic E-state index is 0.0335. The van der Waals surface area contributed by atoms with Crippen LogP contribution in [0.2, 0.25) is 0 Å². The van der Waals surface area contributed by atoms with Gasteiger partial charge in [0.25, 0.3) is 0 Å². The SMILES string of the molecule is CN(CC(C)(C)O)C(=O)C1CC(=O)N(CC2CC2)C1. The van der Waals surface area contributed by atoms with Crippen molar-refractivity contribution in [2.75, 3.05) is 26.7 Å². The summed E-state index contributed by atoms with van der Waals surface area (Å²) < 4.78 is 0. The number of aliphatic hydroxyl groups is 1. The number of carbonyl (C=O) groups is 2. The predicted octanol–water partition coefficient (Wildman–Crippen LogP) is 0.474. The van der Waals surface area contributed by atoms with Crippen LogP contribution in [0, 0.1) is 11.8 Å². The lowest BCUT2D eigenvalue weighted by Gasteiger charge is -2.27. The molecule has 5 heteroatoms. The van der Waals surface area contributed by atoms with Crippen LogP contribution in [0.25, 0.3) is 0 Å². The van der Waals surface area contributed by atoms with E-state index in [2.05, 4.69) is 0 Å². The van der Waals surface area contributed by atoms with E-state index in [0.29, 0.717) is 25.4 Å². The minimum atomic E-state index is -0.902. The highest BCUT2D eigenvalue weighted by molar-refractivity contribution is 5.89. The first-order chi connectivity index (χ1) is 8.76. The predicted molar refractivity (Wildman–Crippen MR) is 71.3 cm³/mol. The van der Waals surface area contributed by atoms with Crippen molar-refractivity contribution >= 4 is 11.8 Å². The molecule has 108 valence electrons. The molecule has 2 fully saturated rings. The summed E-state index contributed by atoms with van der Waals surface area (Å²) in [6.45, 7) is 5.01. The topological polar surface area (TPSA) is 60.9 Å². The van der Waals surface area contributed by atoms with Crippen LogP contribution in [0.1, 0.15) is 33.1 Å². The maximum absolute atomic E-state index is 12.3. The Kier molecular flexibility index (Phi) is 3.85. The molecule has 0 aromatic carbocycles. The summed E-state index contributed by atoms with van der Waals surface area (Å²) in [5.74, 6) is 0.487. The van der Waals surface area contributed by atoms with E-state index < -0.39 is 5.60 Å². The zero-order valence-electron chi connectivity index (χ0n) is 12.1. The molecule has 1 heterocycles. The fraction of sp³-hybridized carbons (Fsp3) is 0.857. The second-order valence-corrected chi connectivity index (χ2v) is 6.65. The number of hydrogen-bond donors (Lipinski definition) is 1. The average molecular weight is 268 g/mol. The van der Waals surface area contributed by atoms with Crippen molar-refractivity contribution in [1.82, 2.24) is 9.80 Å². The average Bonchev–Trinajstić information content (AvgIpc) is 3.00. The minimum Gasteiger partial charge on any atom is -0.389 e. The van der Waals surface area contributed by atoms with Crippen molar-refractivity contribution in [3.63, 3.8) is 0 Å². The lowest BCUT2D eigenvalue weighted by atomic mass is 10.1. The van der Waals surface area contributed by atoms with Crippen LogP contribution >= 0.6 is 0 Å². The highest BCUT2D eigenvalue weighted by Crippen LogP contribution is 2.32. The second kappa shape index (κ2) is 5.12. The van der Waals surface area contributed by atoms with E-state index in [9.17, 15) is 14.7 Å². The Balaban J connectivity index is 1.87. The molecule has 1 saturated carbocycles. The molecule has 1 aliphatic carbocycles. The third-order valence-corrected chi connectivity index (χ3v) is 3.74. The molecule has 1 N–H and O–H groups in total. The van der Waals surface area contributed by atoms with Crippen molar-refractivity contribution in [2.24, 2.45) is 11.8 Å². The molecule has 5 nitrogen and oxygen atoms in total. The first-order valence-corrected chi connectivity index (χ1v) is 7.01. The van der Waals surface area contributed by atoms with Gasteiger partial charge in [-0.15, -0.1) is 0 Å². The van der Waals surface area contributed by atoms with Crippen molar-refractivity contribution in [1.29, 1.82) is 0 Å². The van der Waals surface area contributed by atoms with Crippen LogP contribution in [0.3, 0.4) is 0 Å². The van der Waals surface area contributed by atoms with Gasteiger partial charge in [-0.05, 0) is 32.6 Å². The van der Waals surface area contributed by atoms with Crippen LogP contribution in [0.15, 0.2) is 0 Å². The van der Waals surface area contributed by atoms with Crippen molar-refractivity contribution in [3.05, 3.63) is 0 Å². The Morgan fingerprint density at radius 3 is 2.63 bits per heavy atom. The fourth-order valence-electron chi connectivity index (χ4n) is 2.70. The lowest BCUT2D eigenvalue weighted by molar-refractivity contribution is -0.137. The monoisotopic (exact) mass is 268 g/mol. The highest BCUT2D eigenvalue weighted by Gasteiger charge is 2.38. The second-order valence-electron chi connectivity index (χ2n) is 6.65. The number of hydrogen-bond acceptors (Lipinski definition) is 3. The molecule has 0 bridgehead atoms. The maximum Gasteiger partial charge on any atom is 0.227 e. The van der Waals surface area contributed by atoms with Crippen LogP contribution < -0.4 is 0 Å². The molecule has 0 spiro atoms. The summed E-state index contributed by atoms with van der Waals surface area (Å²) in [6, 6.07) is 0. The van der Waals surface area contributed by atoms with E-state index in [1.807, 2.05) is 4.90 Å².